The minimum Gasteiger partial charge on any atom is -0.368 e. The number of nitrogens with two attached hydrogens (primary N) is 1. The summed E-state index contributed by atoms with van der Waals surface area (Å²) in [6.45, 7) is 4.07. The van der Waals surface area contributed by atoms with E-state index in [4.69, 9.17) is 5.73 Å². The quantitative estimate of drug-likeness (QED) is 0.582. The van der Waals surface area contributed by atoms with Crippen LogP contribution in [0.5, 0.6) is 0 Å². The third-order valence-electron chi connectivity index (χ3n) is 3.23. The molecule has 0 saturated carbocycles. The molecule has 2 aliphatic heterocycles. The molecular formula is C10H18N4O2. The normalized spacial score (nSPS) is 26.2. The summed E-state index contributed by atoms with van der Waals surface area (Å²) in [6.07, 6.45) is 1.09. The van der Waals surface area contributed by atoms with E-state index in [1.54, 1.807) is 0 Å². The fraction of sp³-hybridized carbons (Fsp3) is 0.800. The molecule has 2 heterocycles. The van der Waals surface area contributed by atoms with Gasteiger partial charge in [0.2, 0.25) is 11.8 Å². The molecule has 6 nitrogen and oxygen atoms in total. The van der Waals surface area contributed by atoms with Crippen molar-refractivity contribution in [1.82, 2.24) is 15.1 Å². The predicted octanol–water partition coefficient (Wildman–Crippen LogP) is -2.02. The van der Waals surface area contributed by atoms with Gasteiger partial charge in [0.15, 0.2) is 0 Å². The molecule has 2 rings (SSSR count). The Morgan fingerprint density at radius 3 is 2.62 bits per heavy atom. The molecule has 2 aliphatic rings. The Hall–Kier alpha value is -1.14. The van der Waals surface area contributed by atoms with Gasteiger partial charge in [0, 0.05) is 32.7 Å². The molecule has 6 heteroatoms. The van der Waals surface area contributed by atoms with Crippen LogP contribution in [0.3, 0.4) is 0 Å². The highest BCUT2D eigenvalue weighted by molar-refractivity contribution is 5.83. The van der Waals surface area contributed by atoms with Crippen LogP contribution in [-0.2, 0) is 9.59 Å². The van der Waals surface area contributed by atoms with Gasteiger partial charge in [-0.1, -0.05) is 0 Å². The van der Waals surface area contributed by atoms with Crippen LogP contribution in [0.15, 0.2) is 0 Å². The summed E-state index contributed by atoms with van der Waals surface area (Å²) in [5.41, 5.74) is 5.31. The number of nitrogens with zero attached hydrogens (tertiary/aromatic N) is 2. The minimum absolute atomic E-state index is 0.111. The second-order valence-corrected chi connectivity index (χ2v) is 4.33. The van der Waals surface area contributed by atoms with Gasteiger partial charge >= 0.3 is 0 Å². The fourth-order valence-corrected chi connectivity index (χ4v) is 2.06. The topological polar surface area (TPSA) is 78.7 Å². The largest absolute Gasteiger partial charge is 0.368 e. The third-order valence-corrected chi connectivity index (χ3v) is 3.23. The zero-order chi connectivity index (χ0) is 11.5. The average Bonchev–Trinajstić information content (AvgIpc) is 2.15. The molecule has 1 atom stereocenters. The van der Waals surface area contributed by atoms with E-state index in [1.165, 1.54) is 0 Å². The summed E-state index contributed by atoms with van der Waals surface area (Å²) in [7, 11) is 0. The van der Waals surface area contributed by atoms with Crippen LogP contribution >= 0.6 is 0 Å². The monoisotopic (exact) mass is 226 g/mol. The van der Waals surface area contributed by atoms with Crippen molar-refractivity contribution in [2.24, 2.45) is 5.73 Å². The molecule has 0 bridgehead atoms. The Morgan fingerprint density at radius 1 is 1.31 bits per heavy atom. The molecule has 2 saturated heterocycles. The molecule has 3 N–H and O–H groups in total. The molecule has 90 valence electrons. The lowest BCUT2D eigenvalue weighted by atomic mass is 10.1. The van der Waals surface area contributed by atoms with Crippen molar-refractivity contribution in [3.05, 3.63) is 0 Å². The van der Waals surface area contributed by atoms with E-state index >= 15 is 0 Å². The van der Waals surface area contributed by atoms with Crippen LogP contribution in [0.1, 0.15) is 6.42 Å². The lowest BCUT2D eigenvalue weighted by Gasteiger charge is -2.37. The lowest BCUT2D eigenvalue weighted by Crippen LogP contribution is -2.59. The van der Waals surface area contributed by atoms with Crippen molar-refractivity contribution in [2.75, 3.05) is 39.3 Å². The van der Waals surface area contributed by atoms with Crippen molar-refractivity contribution in [3.63, 3.8) is 0 Å². The summed E-state index contributed by atoms with van der Waals surface area (Å²) in [5, 5.41) is 3.11. The predicted molar refractivity (Wildman–Crippen MR) is 58.6 cm³/mol. The fourth-order valence-electron chi connectivity index (χ4n) is 2.06. The Morgan fingerprint density at radius 2 is 2.06 bits per heavy atom. The van der Waals surface area contributed by atoms with Gasteiger partial charge in [-0.05, 0) is 6.42 Å². The first-order chi connectivity index (χ1) is 7.68. The summed E-state index contributed by atoms with van der Waals surface area (Å²) in [6, 6.07) is -0.348. The molecule has 16 heavy (non-hydrogen) atoms. The molecule has 0 aliphatic carbocycles. The van der Waals surface area contributed by atoms with Crippen LogP contribution in [0, 0.1) is 0 Å². The molecular weight excluding hydrogens is 208 g/mol. The maximum Gasteiger partial charge on any atom is 0.236 e. The van der Waals surface area contributed by atoms with Gasteiger partial charge < -0.3 is 16.0 Å². The lowest BCUT2D eigenvalue weighted by molar-refractivity contribution is -0.137. The van der Waals surface area contributed by atoms with Crippen LogP contribution in [0.25, 0.3) is 0 Å². The van der Waals surface area contributed by atoms with E-state index in [9.17, 15) is 9.59 Å². The number of nitrogens with one attached hydrogen (secondary N) is 1. The summed E-state index contributed by atoms with van der Waals surface area (Å²) in [4.78, 5) is 26.7. The highest BCUT2D eigenvalue weighted by Crippen LogP contribution is 2.09. The van der Waals surface area contributed by atoms with Crippen LogP contribution in [0.2, 0.25) is 0 Å². The standard InChI is InChI=1S/C10H18N4O2/c11-10(16)8-6-12-2-5-14(8)7-9(15)13-3-1-4-13/h8,12H,1-7H2,(H2,11,16). The van der Waals surface area contributed by atoms with E-state index in [0.29, 0.717) is 19.6 Å². The van der Waals surface area contributed by atoms with Gasteiger partial charge in [0.25, 0.3) is 0 Å². The van der Waals surface area contributed by atoms with Gasteiger partial charge in [-0.3, -0.25) is 14.5 Å². The summed E-state index contributed by atoms with van der Waals surface area (Å²) >= 11 is 0. The van der Waals surface area contributed by atoms with Crippen molar-refractivity contribution in [1.29, 1.82) is 0 Å². The maximum atomic E-state index is 11.8. The highest BCUT2D eigenvalue weighted by atomic mass is 16.2. The van der Waals surface area contributed by atoms with E-state index in [1.807, 2.05) is 9.80 Å². The molecule has 0 spiro atoms. The van der Waals surface area contributed by atoms with Gasteiger partial charge in [-0.25, -0.2) is 0 Å². The van der Waals surface area contributed by atoms with E-state index in [2.05, 4.69) is 5.32 Å². The number of amides is 2. The maximum absolute atomic E-state index is 11.8. The molecule has 0 radical (unpaired) electrons. The number of rotatable bonds is 3. The first kappa shape index (κ1) is 11.3. The molecule has 1 unspecified atom stereocenters. The number of hydrogen-bond donors (Lipinski definition) is 2. The second-order valence-electron chi connectivity index (χ2n) is 4.33. The van der Waals surface area contributed by atoms with Gasteiger partial charge in [-0.15, -0.1) is 0 Å². The number of primary amides is 1. The number of carbonyl (C=O) groups is 2. The Labute approximate surface area is 94.7 Å². The molecule has 0 aromatic rings. The van der Waals surface area contributed by atoms with Crippen LogP contribution < -0.4 is 11.1 Å². The van der Waals surface area contributed by atoms with E-state index in [-0.39, 0.29) is 17.9 Å². The van der Waals surface area contributed by atoms with Crippen molar-refractivity contribution in [2.45, 2.75) is 12.5 Å². The average molecular weight is 226 g/mol. The van der Waals surface area contributed by atoms with Crippen molar-refractivity contribution >= 4 is 11.8 Å². The highest BCUT2D eigenvalue weighted by Gasteiger charge is 2.30. The molecule has 0 aromatic heterocycles. The van der Waals surface area contributed by atoms with E-state index < -0.39 is 0 Å². The summed E-state index contributed by atoms with van der Waals surface area (Å²) < 4.78 is 0. The first-order valence-corrected chi connectivity index (χ1v) is 5.70. The van der Waals surface area contributed by atoms with Gasteiger partial charge in [-0.2, -0.15) is 0 Å². The number of carbonyl (C=O) groups excluding carboxylic acids is 2. The molecule has 2 fully saturated rings. The molecule has 0 aromatic carbocycles. The van der Waals surface area contributed by atoms with Crippen molar-refractivity contribution < 1.29 is 9.59 Å². The number of likely N-dealkylation sites (tertiary alicyclic amines) is 1. The van der Waals surface area contributed by atoms with Crippen molar-refractivity contribution in [3.8, 4) is 0 Å². The number of piperazine rings is 1. The van der Waals surface area contributed by atoms with Crippen LogP contribution in [0.4, 0.5) is 0 Å². The van der Waals surface area contributed by atoms with Gasteiger partial charge in [0.1, 0.15) is 6.04 Å². The first-order valence-electron chi connectivity index (χ1n) is 5.70. The Kier molecular flexibility index (Phi) is 3.40. The zero-order valence-corrected chi connectivity index (χ0v) is 9.32. The van der Waals surface area contributed by atoms with Crippen LogP contribution in [-0.4, -0.2) is 66.9 Å². The van der Waals surface area contributed by atoms with E-state index in [0.717, 1.165) is 26.1 Å². The SMILES string of the molecule is NC(=O)C1CNCCN1CC(=O)N1CCC1. The summed E-state index contributed by atoms with van der Waals surface area (Å²) in [5.74, 6) is -0.247. The zero-order valence-electron chi connectivity index (χ0n) is 9.32. The number of hydrogen-bond acceptors (Lipinski definition) is 4. The second kappa shape index (κ2) is 4.80. The minimum atomic E-state index is -0.358. The van der Waals surface area contributed by atoms with Gasteiger partial charge in [0.05, 0.1) is 6.54 Å². The smallest absolute Gasteiger partial charge is 0.236 e. The Bertz CT molecular complexity index is 291. The molecule has 2 amide bonds. The Balaban J connectivity index is 1.90. The third kappa shape index (κ3) is 2.33.